The van der Waals surface area contributed by atoms with Crippen LogP contribution < -0.4 is 10.6 Å². The van der Waals surface area contributed by atoms with Crippen molar-refractivity contribution in [2.24, 2.45) is 0 Å². The molecule has 0 saturated heterocycles. The molecule has 3 aromatic carbocycles. The average Bonchev–Trinajstić information content (AvgIpc) is 3.20. The number of carbonyl (C=O) groups excluding carboxylic acids is 1. The molecule has 0 aliphatic rings. The average molecular weight is 401 g/mol. The number of nitrogens with zero attached hydrogens (tertiary/aromatic N) is 1. The van der Waals surface area contributed by atoms with Crippen LogP contribution in [0, 0.1) is 19.7 Å². The molecule has 6 heteroatoms. The van der Waals surface area contributed by atoms with E-state index in [4.69, 9.17) is 4.42 Å². The summed E-state index contributed by atoms with van der Waals surface area (Å²) in [6.07, 6.45) is 1.65. The van der Waals surface area contributed by atoms with E-state index in [9.17, 15) is 9.18 Å². The maximum Gasteiger partial charge on any atom is 0.323 e. The van der Waals surface area contributed by atoms with Crippen LogP contribution in [-0.2, 0) is 0 Å². The molecule has 0 bridgehead atoms. The van der Waals surface area contributed by atoms with Crippen molar-refractivity contribution in [2.75, 3.05) is 10.6 Å². The normalized spacial score (nSPS) is 10.6. The zero-order valence-corrected chi connectivity index (χ0v) is 16.6. The van der Waals surface area contributed by atoms with Gasteiger partial charge in [-0.25, -0.2) is 14.2 Å². The number of halogens is 1. The van der Waals surface area contributed by atoms with Gasteiger partial charge in [-0.05, 0) is 67.9 Å². The van der Waals surface area contributed by atoms with Crippen LogP contribution in [0.15, 0.2) is 77.4 Å². The Labute approximate surface area is 173 Å². The number of nitrogens with one attached hydrogen (secondary N) is 2. The zero-order valence-electron chi connectivity index (χ0n) is 16.6. The fraction of sp³-hybridized carbons (Fsp3) is 0.0833. The van der Waals surface area contributed by atoms with E-state index in [1.165, 1.54) is 29.8 Å². The Morgan fingerprint density at radius 1 is 0.900 bits per heavy atom. The van der Waals surface area contributed by atoms with Gasteiger partial charge < -0.3 is 15.1 Å². The summed E-state index contributed by atoms with van der Waals surface area (Å²) >= 11 is 0. The van der Waals surface area contributed by atoms with Gasteiger partial charge in [0.2, 0.25) is 5.89 Å². The molecule has 0 unspecified atom stereocenters. The van der Waals surface area contributed by atoms with Crippen LogP contribution in [0.25, 0.3) is 22.7 Å². The molecule has 0 fully saturated rings. The van der Waals surface area contributed by atoms with Crippen LogP contribution in [0.4, 0.5) is 20.6 Å². The number of rotatable bonds is 4. The Morgan fingerprint density at radius 3 is 2.17 bits per heavy atom. The minimum atomic E-state index is -0.414. The first kappa shape index (κ1) is 19.4. The van der Waals surface area contributed by atoms with Crippen LogP contribution in [0.2, 0.25) is 0 Å². The molecule has 0 saturated carbocycles. The van der Waals surface area contributed by atoms with E-state index < -0.39 is 6.03 Å². The van der Waals surface area contributed by atoms with Gasteiger partial charge in [-0.2, -0.15) is 0 Å². The van der Waals surface area contributed by atoms with E-state index in [0.717, 1.165) is 22.4 Å². The number of aryl methyl sites for hydroxylation is 2. The number of amides is 2. The third-order valence-electron chi connectivity index (χ3n) is 4.65. The van der Waals surface area contributed by atoms with Crippen molar-refractivity contribution >= 4 is 17.4 Å². The smallest absolute Gasteiger partial charge is 0.323 e. The van der Waals surface area contributed by atoms with E-state index in [1.807, 2.05) is 31.2 Å². The van der Waals surface area contributed by atoms with Crippen LogP contribution in [0.3, 0.4) is 0 Å². The number of carbonyl (C=O) groups is 1. The van der Waals surface area contributed by atoms with Gasteiger partial charge in [0.15, 0.2) is 0 Å². The molecule has 2 amide bonds. The van der Waals surface area contributed by atoms with Gasteiger partial charge >= 0.3 is 6.03 Å². The number of benzene rings is 3. The molecule has 2 N–H and O–H groups in total. The van der Waals surface area contributed by atoms with E-state index in [1.54, 1.807) is 18.4 Å². The van der Waals surface area contributed by atoms with E-state index in [2.05, 4.69) is 28.6 Å². The third kappa shape index (κ3) is 4.38. The lowest BCUT2D eigenvalue weighted by atomic mass is 10.0. The molecule has 30 heavy (non-hydrogen) atoms. The van der Waals surface area contributed by atoms with Crippen LogP contribution in [0.1, 0.15) is 11.1 Å². The van der Waals surface area contributed by atoms with Gasteiger partial charge in [-0.15, -0.1) is 0 Å². The summed E-state index contributed by atoms with van der Waals surface area (Å²) < 4.78 is 18.6. The molecule has 1 aromatic heterocycles. The van der Waals surface area contributed by atoms with Gasteiger partial charge in [0.1, 0.15) is 17.8 Å². The van der Waals surface area contributed by atoms with Crippen molar-refractivity contribution in [3.63, 3.8) is 0 Å². The Balaban J connectivity index is 1.44. The lowest BCUT2D eigenvalue weighted by Gasteiger charge is -2.08. The number of oxazole rings is 1. The Bertz CT molecular complexity index is 1180. The largest absolute Gasteiger partial charge is 0.444 e. The standard InChI is InChI=1S/C24H20FN3O2/c1-15-3-12-21(16(2)13-15)22-14-30-23(28-22)17-4-8-19(9-5-17)26-24(29)27-20-10-6-18(25)7-11-20/h3-14H,1-2H3,(H2,26,27,29). The molecule has 0 spiro atoms. The predicted octanol–water partition coefficient (Wildman–Crippen LogP) is 6.41. The topological polar surface area (TPSA) is 67.2 Å². The molecule has 4 aromatic rings. The predicted molar refractivity (Wildman–Crippen MR) is 116 cm³/mol. The van der Waals surface area contributed by atoms with Gasteiger partial charge in [0.25, 0.3) is 0 Å². The Morgan fingerprint density at radius 2 is 1.53 bits per heavy atom. The minimum absolute atomic E-state index is 0.358. The number of hydrogen-bond donors (Lipinski definition) is 2. The molecule has 5 nitrogen and oxygen atoms in total. The molecular formula is C24H20FN3O2. The second kappa shape index (κ2) is 8.21. The molecule has 4 rings (SSSR count). The zero-order chi connectivity index (χ0) is 21.1. The maximum atomic E-state index is 12.9. The Kier molecular flexibility index (Phi) is 5.30. The van der Waals surface area contributed by atoms with Crippen LogP contribution in [0.5, 0.6) is 0 Å². The molecule has 0 radical (unpaired) electrons. The van der Waals surface area contributed by atoms with Crippen LogP contribution in [-0.4, -0.2) is 11.0 Å². The monoisotopic (exact) mass is 401 g/mol. The Hall–Kier alpha value is -3.93. The van der Waals surface area contributed by atoms with Crippen molar-refractivity contribution in [1.82, 2.24) is 4.98 Å². The van der Waals surface area contributed by atoms with Gasteiger partial charge in [-0.1, -0.05) is 23.8 Å². The number of hydrogen-bond acceptors (Lipinski definition) is 3. The van der Waals surface area contributed by atoms with Gasteiger partial charge in [0, 0.05) is 22.5 Å². The summed E-state index contributed by atoms with van der Waals surface area (Å²) in [6.45, 7) is 4.11. The fourth-order valence-corrected chi connectivity index (χ4v) is 3.15. The van der Waals surface area contributed by atoms with E-state index >= 15 is 0 Å². The van der Waals surface area contributed by atoms with Crippen molar-refractivity contribution in [3.8, 4) is 22.7 Å². The van der Waals surface area contributed by atoms with Crippen molar-refractivity contribution in [3.05, 3.63) is 89.9 Å². The quantitative estimate of drug-likeness (QED) is 0.415. The molecule has 1 heterocycles. The highest BCUT2D eigenvalue weighted by Crippen LogP contribution is 2.28. The summed E-state index contributed by atoms with van der Waals surface area (Å²) in [5.74, 6) is 0.149. The number of urea groups is 1. The summed E-state index contributed by atoms with van der Waals surface area (Å²) in [5.41, 5.74) is 6.07. The first-order chi connectivity index (χ1) is 14.5. The highest BCUT2D eigenvalue weighted by molar-refractivity contribution is 5.99. The molecule has 0 aliphatic heterocycles. The summed E-state index contributed by atoms with van der Waals surface area (Å²) in [5, 5.41) is 5.38. The molecule has 0 aliphatic carbocycles. The minimum Gasteiger partial charge on any atom is -0.444 e. The molecular weight excluding hydrogens is 381 g/mol. The molecule has 0 atom stereocenters. The lowest BCUT2D eigenvalue weighted by Crippen LogP contribution is -2.19. The number of aromatic nitrogens is 1. The summed E-state index contributed by atoms with van der Waals surface area (Å²) in [6, 6.07) is 18.5. The van der Waals surface area contributed by atoms with Crippen molar-refractivity contribution < 1.29 is 13.6 Å². The van der Waals surface area contributed by atoms with Crippen molar-refractivity contribution in [2.45, 2.75) is 13.8 Å². The SMILES string of the molecule is Cc1ccc(-c2coc(-c3ccc(NC(=O)Nc4ccc(F)cc4)cc3)n2)c(C)c1. The maximum absolute atomic E-state index is 12.9. The second-order valence-electron chi connectivity index (χ2n) is 7.02. The first-order valence-corrected chi connectivity index (χ1v) is 9.45. The first-order valence-electron chi connectivity index (χ1n) is 9.45. The van der Waals surface area contributed by atoms with E-state index in [0.29, 0.717) is 17.3 Å². The van der Waals surface area contributed by atoms with E-state index in [-0.39, 0.29) is 5.82 Å². The third-order valence-corrected chi connectivity index (χ3v) is 4.65. The lowest BCUT2D eigenvalue weighted by molar-refractivity contribution is 0.262. The highest BCUT2D eigenvalue weighted by Gasteiger charge is 2.11. The summed E-state index contributed by atoms with van der Waals surface area (Å²) in [7, 11) is 0. The second-order valence-corrected chi connectivity index (χ2v) is 7.02. The number of anilines is 2. The molecule has 150 valence electrons. The van der Waals surface area contributed by atoms with Crippen molar-refractivity contribution in [1.29, 1.82) is 0 Å². The van der Waals surface area contributed by atoms with Gasteiger partial charge in [-0.3, -0.25) is 0 Å². The van der Waals surface area contributed by atoms with Crippen LogP contribution >= 0.6 is 0 Å². The fourth-order valence-electron chi connectivity index (χ4n) is 3.15. The highest BCUT2D eigenvalue weighted by atomic mass is 19.1. The van der Waals surface area contributed by atoms with Gasteiger partial charge in [0.05, 0.1) is 0 Å². The summed E-state index contributed by atoms with van der Waals surface area (Å²) in [4.78, 5) is 16.7.